The Bertz CT molecular complexity index is 469. The highest BCUT2D eigenvalue weighted by molar-refractivity contribution is 5.89. The number of hydrogen-bond donors (Lipinski definition) is 3. The van der Waals surface area contributed by atoms with Crippen LogP contribution < -0.4 is 15.5 Å². The lowest BCUT2D eigenvalue weighted by molar-refractivity contribution is 0.218. The van der Waals surface area contributed by atoms with Gasteiger partial charge in [0.2, 0.25) is 0 Å². The molecule has 0 aliphatic heterocycles. The van der Waals surface area contributed by atoms with Gasteiger partial charge in [0, 0.05) is 36.1 Å². The van der Waals surface area contributed by atoms with Gasteiger partial charge in [-0.05, 0) is 65.3 Å². The maximum Gasteiger partial charge on any atom is 0.319 e. The first-order chi connectivity index (χ1) is 10.3. The number of aliphatic hydroxyl groups excluding tert-OH is 1. The van der Waals surface area contributed by atoms with Crippen molar-refractivity contribution in [1.29, 1.82) is 0 Å². The Hall–Kier alpha value is -1.75. The van der Waals surface area contributed by atoms with E-state index >= 15 is 0 Å². The largest absolute Gasteiger partial charge is 0.396 e. The summed E-state index contributed by atoms with van der Waals surface area (Å²) in [5.41, 5.74) is 1.46. The number of carbonyl (C=O) groups is 1. The molecule has 0 aromatic heterocycles. The molecule has 0 saturated carbocycles. The molecule has 124 valence electrons. The van der Waals surface area contributed by atoms with Crippen LogP contribution in [0.15, 0.2) is 24.3 Å². The Balaban J connectivity index is 2.66. The van der Waals surface area contributed by atoms with Gasteiger partial charge < -0.3 is 20.6 Å². The van der Waals surface area contributed by atoms with Gasteiger partial charge in [-0.3, -0.25) is 0 Å². The number of benzene rings is 1. The minimum Gasteiger partial charge on any atom is -0.396 e. The SMILES string of the molecule is CCN(c1ccc(NC(=O)NC(C)(C)CCO)cc1)C(C)C. The van der Waals surface area contributed by atoms with Crippen molar-refractivity contribution < 1.29 is 9.90 Å². The fourth-order valence-corrected chi connectivity index (χ4v) is 2.39. The molecule has 1 rings (SSSR count). The fourth-order valence-electron chi connectivity index (χ4n) is 2.39. The summed E-state index contributed by atoms with van der Waals surface area (Å²) < 4.78 is 0. The third kappa shape index (κ3) is 5.56. The van der Waals surface area contributed by atoms with E-state index in [1.807, 2.05) is 38.1 Å². The highest BCUT2D eigenvalue weighted by atomic mass is 16.3. The van der Waals surface area contributed by atoms with Crippen LogP contribution in [0.3, 0.4) is 0 Å². The molecule has 0 atom stereocenters. The molecule has 0 saturated heterocycles. The Morgan fingerprint density at radius 1 is 1.27 bits per heavy atom. The maximum atomic E-state index is 12.0. The molecule has 0 radical (unpaired) electrons. The van der Waals surface area contributed by atoms with Crippen LogP contribution in [-0.2, 0) is 0 Å². The molecule has 0 bridgehead atoms. The summed E-state index contributed by atoms with van der Waals surface area (Å²) in [5.74, 6) is 0. The van der Waals surface area contributed by atoms with Crippen LogP contribution in [0.1, 0.15) is 41.0 Å². The minimum absolute atomic E-state index is 0.0457. The molecular weight excluding hydrogens is 278 g/mol. The monoisotopic (exact) mass is 307 g/mol. The van der Waals surface area contributed by atoms with Crippen molar-refractivity contribution >= 4 is 17.4 Å². The number of anilines is 2. The van der Waals surface area contributed by atoms with Gasteiger partial charge in [0.05, 0.1) is 0 Å². The zero-order valence-corrected chi connectivity index (χ0v) is 14.3. The van der Waals surface area contributed by atoms with E-state index in [1.165, 1.54) is 0 Å². The molecule has 0 spiro atoms. The Morgan fingerprint density at radius 3 is 2.32 bits per heavy atom. The maximum absolute atomic E-state index is 12.0. The Labute approximate surface area is 133 Å². The summed E-state index contributed by atoms with van der Waals surface area (Å²) in [6, 6.07) is 8.00. The predicted octanol–water partition coefficient (Wildman–Crippen LogP) is 3.20. The molecule has 0 aliphatic carbocycles. The van der Waals surface area contributed by atoms with Gasteiger partial charge in [-0.15, -0.1) is 0 Å². The van der Waals surface area contributed by atoms with Crippen LogP contribution in [0.5, 0.6) is 0 Å². The second kappa shape index (κ2) is 8.03. The molecule has 0 aliphatic rings. The van der Waals surface area contributed by atoms with E-state index in [1.54, 1.807) is 0 Å². The highest BCUT2D eigenvalue weighted by Crippen LogP contribution is 2.20. The van der Waals surface area contributed by atoms with Gasteiger partial charge in [-0.25, -0.2) is 4.79 Å². The molecule has 5 nitrogen and oxygen atoms in total. The van der Waals surface area contributed by atoms with E-state index in [4.69, 9.17) is 5.11 Å². The molecule has 0 unspecified atom stereocenters. The van der Waals surface area contributed by atoms with Crippen molar-refractivity contribution in [3.05, 3.63) is 24.3 Å². The van der Waals surface area contributed by atoms with E-state index < -0.39 is 5.54 Å². The molecule has 1 aromatic carbocycles. The lowest BCUT2D eigenvalue weighted by Crippen LogP contribution is -2.46. The first kappa shape index (κ1) is 18.3. The third-order valence-electron chi connectivity index (χ3n) is 3.61. The standard InChI is InChI=1S/C17H29N3O2/c1-6-20(13(2)3)15-9-7-14(8-10-15)18-16(22)19-17(4,5)11-12-21/h7-10,13,21H,6,11-12H2,1-5H3,(H2,18,19,22). The minimum atomic E-state index is -0.435. The van der Waals surface area contributed by atoms with Crippen LogP contribution in [0.4, 0.5) is 16.2 Å². The van der Waals surface area contributed by atoms with Crippen LogP contribution in [0, 0.1) is 0 Å². The molecule has 3 N–H and O–H groups in total. The van der Waals surface area contributed by atoms with Gasteiger partial charge in [-0.1, -0.05) is 0 Å². The zero-order chi connectivity index (χ0) is 16.8. The summed E-state index contributed by atoms with van der Waals surface area (Å²) in [7, 11) is 0. The topological polar surface area (TPSA) is 64.6 Å². The average molecular weight is 307 g/mol. The summed E-state index contributed by atoms with van der Waals surface area (Å²) in [6.45, 7) is 11.2. The van der Waals surface area contributed by atoms with Gasteiger partial charge >= 0.3 is 6.03 Å². The number of urea groups is 1. The second-order valence-corrected chi connectivity index (χ2v) is 6.36. The van der Waals surface area contributed by atoms with E-state index in [9.17, 15) is 4.79 Å². The van der Waals surface area contributed by atoms with Crippen LogP contribution in [0.25, 0.3) is 0 Å². The van der Waals surface area contributed by atoms with Crippen LogP contribution >= 0.6 is 0 Å². The Morgan fingerprint density at radius 2 is 1.86 bits per heavy atom. The van der Waals surface area contributed by atoms with Crippen molar-refractivity contribution in [2.45, 2.75) is 52.6 Å². The normalized spacial score (nSPS) is 11.4. The molecule has 0 fully saturated rings. The fraction of sp³-hybridized carbons (Fsp3) is 0.588. The van der Waals surface area contributed by atoms with E-state index in [2.05, 4.69) is 36.3 Å². The van der Waals surface area contributed by atoms with Crippen LogP contribution in [0.2, 0.25) is 0 Å². The van der Waals surface area contributed by atoms with Crippen molar-refractivity contribution in [3.8, 4) is 0 Å². The second-order valence-electron chi connectivity index (χ2n) is 6.36. The molecule has 1 aromatic rings. The lowest BCUT2D eigenvalue weighted by Gasteiger charge is -2.28. The summed E-state index contributed by atoms with van der Waals surface area (Å²) in [5, 5.41) is 14.7. The first-order valence-corrected chi connectivity index (χ1v) is 7.86. The molecule has 22 heavy (non-hydrogen) atoms. The molecular formula is C17H29N3O2. The lowest BCUT2D eigenvalue weighted by atomic mass is 10.0. The van der Waals surface area contributed by atoms with E-state index in [0.29, 0.717) is 12.5 Å². The number of nitrogens with zero attached hydrogens (tertiary/aromatic N) is 1. The summed E-state index contributed by atoms with van der Waals surface area (Å²) in [4.78, 5) is 14.3. The van der Waals surface area contributed by atoms with Crippen molar-refractivity contribution in [3.63, 3.8) is 0 Å². The quantitative estimate of drug-likeness (QED) is 0.725. The van der Waals surface area contributed by atoms with Crippen molar-refractivity contribution in [2.24, 2.45) is 0 Å². The summed E-state index contributed by atoms with van der Waals surface area (Å²) >= 11 is 0. The zero-order valence-electron chi connectivity index (χ0n) is 14.3. The number of carbonyl (C=O) groups excluding carboxylic acids is 1. The predicted molar refractivity (Wildman–Crippen MR) is 92.5 cm³/mol. The van der Waals surface area contributed by atoms with Crippen molar-refractivity contribution in [2.75, 3.05) is 23.4 Å². The average Bonchev–Trinajstić information content (AvgIpc) is 2.40. The van der Waals surface area contributed by atoms with Crippen molar-refractivity contribution in [1.82, 2.24) is 5.32 Å². The highest BCUT2D eigenvalue weighted by Gasteiger charge is 2.19. The smallest absolute Gasteiger partial charge is 0.319 e. The Kier molecular flexibility index (Phi) is 6.68. The third-order valence-corrected chi connectivity index (χ3v) is 3.61. The van der Waals surface area contributed by atoms with E-state index in [0.717, 1.165) is 17.9 Å². The molecule has 0 heterocycles. The molecule has 2 amide bonds. The summed E-state index contributed by atoms with van der Waals surface area (Å²) in [6.07, 6.45) is 0.513. The number of amides is 2. The number of aliphatic hydroxyl groups is 1. The number of rotatable bonds is 7. The number of hydrogen-bond acceptors (Lipinski definition) is 3. The van der Waals surface area contributed by atoms with Gasteiger partial charge in [0.25, 0.3) is 0 Å². The molecule has 5 heteroatoms. The van der Waals surface area contributed by atoms with Gasteiger partial charge in [-0.2, -0.15) is 0 Å². The first-order valence-electron chi connectivity index (χ1n) is 7.86. The van der Waals surface area contributed by atoms with Gasteiger partial charge in [0.15, 0.2) is 0 Å². The number of nitrogens with one attached hydrogen (secondary N) is 2. The van der Waals surface area contributed by atoms with E-state index in [-0.39, 0.29) is 12.6 Å². The van der Waals surface area contributed by atoms with Crippen LogP contribution in [-0.4, -0.2) is 35.9 Å². The van der Waals surface area contributed by atoms with Gasteiger partial charge in [0.1, 0.15) is 0 Å².